The molecule has 0 aliphatic carbocycles. The number of aromatic amines is 2. The summed E-state index contributed by atoms with van der Waals surface area (Å²) in [5.74, 6) is -1.13. The number of carbonyl (C=O) groups excluding carboxylic acids is 1. The molecule has 2 aromatic heterocycles. The first-order valence-electron chi connectivity index (χ1n) is 9.22. The van der Waals surface area contributed by atoms with E-state index in [1.165, 1.54) is 20.1 Å². The van der Waals surface area contributed by atoms with Crippen LogP contribution in [0.3, 0.4) is 0 Å². The topological polar surface area (TPSA) is 130 Å². The van der Waals surface area contributed by atoms with Crippen molar-refractivity contribution in [3.8, 4) is 5.88 Å². The molecule has 0 saturated heterocycles. The predicted molar refractivity (Wildman–Crippen MR) is 113 cm³/mol. The average molecular weight is 410 g/mol. The highest BCUT2D eigenvalue weighted by Crippen LogP contribution is 2.21. The summed E-state index contributed by atoms with van der Waals surface area (Å²) in [7, 11) is 1.25. The number of fused-ring (bicyclic) bond motifs is 1. The molecule has 1 aromatic carbocycles. The maximum Gasteiger partial charge on any atom is 0.331 e. The first-order chi connectivity index (χ1) is 14.4. The van der Waals surface area contributed by atoms with E-state index in [4.69, 9.17) is 4.74 Å². The fourth-order valence-corrected chi connectivity index (χ4v) is 3.31. The molecule has 0 bridgehead atoms. The number of ether oxygens (including phenoxy) is 1. The summed E-state index contributed by atoms with van der Waals surface area (Å²) in [5.41, 5.74) is 0.118. The van der Waals surface area contributed by atoms with E-state index in [0.717, 1.165) is 21.0 Å². The molecule has 3 rings (SSSR count). The van der Waals surface area contributed by atoms with Gasteiger partial charge in [-0.15, -0.1) is 6.58 Å². The minimum atomic E-state index is -0.951. The van der Waals surface area contributed by atoms with Crippen LogP contribution < -0.4 is 11.2 Å². The number of allylic oxidation sites excluding steroid dienone is 1. The standard InChI is InChI=1S/C21H22N4O5/c1-4-9-25-19(27)17(18(26)24-21(25)29)12(2)23-16(20(28)30-3)10-13-11-22-15-8-6-5-7-14(13)15/h4-8,11,16,22,27H,1,9-10H2,2-3H3,(H,24,26,29). The zero-order valence-electron chi connectivity index (χ0n) is 16.6. The van der Waals surface area contributed by atoms with Crippen LogP contribution in [0.4, 0.5) is 0 Å². The van der Waals surface area contributed by atoms with Crippen LogP contribution in [0.2, 0.25) is 0 Å². The number of para-hydroxylation sites is 1. The van der Waals surface area contributed by atoms with Gasteiger partial charge in [0.25, 0.3) is 5.56 Å². The SMILES string of the molecule is C=CCn1c(O)c(C(C)=NC(Cc2c[nH]c3ccccc23)C(=O)OC)c(=O)[nH]c1=O. The Morgan fingerprint density at radius 2 is 2.10 bits per heavy atom. The lowest BCUT2D eigenvalue weighted by Crippen LogP contribution is -2.34. The van der Waals surface area contributed by atoms with Crippen molar-refractivity contribution >= 4 is 22.6 Å². The lowest BCUT2D eigenvalue weighted by atomic mass is 10.0. The summed E-state index contributed by atoms with van der Waals surface area (Å²) in [5, 5.41) is 11.4. The van der Waals surface area contributed by atoms with Gasteiger partial charge in [-0.25, -0.2) is 9.59 Å². The molecule has 0 aliphatic rings. The van der Waals surface area contributed by atoms with Gasteiger partial charge in [-0.3, -0.25) is 19.3 Å². The third kappa shape index (κ3) is 3.95. The van der Waals surface area contributed by atoms with E-state index in [0.29, 0.717) is 0 Å². The molecular formula is C21H22N4O5. The van der Waals surface area contributed by atoms with E-state index < -0.39 is 29.1 Å². The van der Waals surface area contributed by atoms with Crippen LogP contribution in [0.15, 0.2) is 57.7 Å². The molecule has 0 saturated carbocycles. The number of H-pyrrole nitrogens is 2. The number of methoxy groups -OCH3 is 1. The second-order valence-corrected chi connectivity index (χ2v) is 6.67. The van der Waals surface area contributed by atoms with Crippen molar-refractivity contribution in [3.05, 3.63) is 75.1 Å². The number of nitrogens with one attached hydrogen (secondary N) is 2. The Hall–Kier alpha value is -3.88. The van der Waals surface area contributed by atoms with Crippen molar-refractivity contribution in [1.82, 2.24) is 14.5 Å². The van der Waals surface area contributed by atoms with Gasteiger partial charge in [-0.2, -0.15) is 0 Å². The Morgan fingerprint density at radius 1 is 1.37 bits per heavy atom. The van der Waals surface area contributed by atoms with Gasteiger partial charge in [0.05, 0.1) is 12.8 Å². The zero-order valence-corrected chi connectivity index (χ0v) is 16.6. The Bertz CT molecular complexity index is 1250. The number of aliphatic imine (C=N–C) groups is 1. The van der Waals surface area contributed by atoms with Crippen molar-refractivity contribution in [2.24, 2.45) is 4.99 Å². The van der Waals surface area contributed by atoms with E-state index in [9.17, 15) is 19.5 Å². The molecule has 9 nitrogen and oxygen atoms in total. The van der Waals surface area contributed by atoms with Crippen LogP contribution in [0.1, 0.15) is 18.1 Å². The predicted octanol–water partition coefficient (Wildman–Crippen LogP) is 1.50. The minimum Gasteiger partial charge on any atom is -0.494 e. The van der Waals surface area contributed by atoms with Crippen molar-refractivity contribution in [2.75, 3.05) is 7.11 Å². The van der Waals surface area contributed by atoms with Gasteiger partial charge in [-0.1, -0.05) is 24.3 Å². The summed E-state index contributed by atoms with van der Waals surface area (Å²) < 4.78 is 5.83. The number of hydrogen-bond acceptors (Lipinski definition) is 6. The summed E-state index contributed by atoms with van der Waals surface area (Å²) in [6.45, 7) is 5.01. The van der Waals surface area contributed by atoms with Crippen LogP contribution in [0.5, 0.6) is 5.88 Å². The minimum absolute atomic E-state index is 0.00248. The maximum atomic E-state index is 12.4. The van der Waals surface area contributed by atoms with Gasteiger partial charge in [0.1, 0.15) is 5.56 Å². The molecule has 3 N–H and O–H groups in total. The monoisotopic (exact) mass is 410 g/mol. The largest absolute Gasteiger partial charge is 0.494 e. The normalized spacial score (nSPS) is 12.7. The highest BCUT2D eigenvalue weighted by Gasteiger charge is 2.23. The lowest BCUT2D eigenvalue weighted by Gasteiger charge is -2.13. The second-order valence-electron chi connectivity index (χ2n) is 6.67. The number of rotatable bonds is 7. The molecule has 0 fully saturated rings. The number of aromatic hydroxyl groups is 1. The Morgan fingerprint density at radius 3 is 2.80 bits per heavy atom. The van der Waals surface area contributed by atoms with Crippen LogP contribution >= 0.6 is 0 Å². The summed E-state index contributed by atoms with van der Waals surface area (Å²) in [6, 6.07) is 6.68. The van der Waals surface area contributed by atoms with Gasteiger partial charge in [0.2, 0.25) is 5.88 Å². The molecule has 0 spiro atoms. The molecule has 2 heterocycles. The average Bonchev–Trinajstić information content (AvgIpc) is 3.12. The van der Waals surface area contributed by atoms with Gasteiger partial charge < -0.3 is 14.8 Å². The van der Waals surface area contributed by atoms with Crippen LogP contribution in [-0.2, 0) is 22.5 Å². The Labute approximate surface area is 171 Å². The zero-order chi connectivity index (χ0) is 21.8. The highest BCUT2D eigenvalue weighted by molar-refractivity contribution is 6.01. The molecule has 0 amide bonds. The molecule has 156 valence electrons. The van der Waals surface area contributed by atoms with Crippen LogP contribution in [0, 0.1) is 0 Å². The van der Waals surface area contributed by atoms with E-state index in [2.05, 4.69) is 21.5 Å². The Balaban J connectivity index is 2.05. The third-order valence-corrected chi connectivity index (χ3v) is 4.76. The first kappa shape index (κ1) is 20.8. The number of esters is 1. The first-order valence-corrected chi connectivity index (χ1v) is 9.22. The van der Waals surface area contributed by atoms with Gasteiger partial charge in [0, 0.05) is 30.1 Å². The molecule has 0 radical (unpaired) electrons. The molecule has 0 aliphatic heterocycles. The molecule has 1 unspecified atom stereocenters. The smallest absolute Gasteiger partial charge is 0.331 e. The number of hydrogen-bond donors (Lipinski definition) is 3. The van der Waals surface area contributed by atoms with E-state index in [-0.39, 0.29) is 24.2 Å². The quantitative estimate of drug-likeness (QED) is 0.309. The number of carbonyl (C=O) groups is 1. The summed E-state index contributed by atoms with van der Waals surface area (Å²) in [6.07, 6.45) is 3.42. The number of nitrogens with zero attached hydrogens (tertiary/aromatic N) is 2. The van der Waals surface area contributed by atoms with E-state index >= 15 is 0 Å². The third-order valence-electron chi connectivity index (χ3n) is 4.76. The summed E-state index contributed by atoms with van der Waals surface area (Å²) >= 11 is 0. The van der Waals surface area contributed by atoms with Gasteiger partial charge in [0.15, 0.2) is 6.04 Å². The van der Waals surface area contributed by atoms with Crippen molar-refractivity contribution in [2.45, 2.75) is 25.9 Å². The molecular weight excluding hydrogens is 388 g/mol. The van der Waals surface area contributed by atoms with Crippen molar-refractivity contribution < 1.29 is 14.6 Å². The van der Waals surface area contributed by atoms with Crippen LogP contribution in [-0.4, -0.2) is 44.5 Å². The number of benzene rings is 1. The second kappa shape index (κ2) is 8.64. The van der Waals surface area contributed by atoms with Crippen molar-refractivity contribution in [3.63, 3.8) is 0 Å². The lowest BCUT2D eigenvalue weighted by molar-refractivity contribution is -0.142. The summed E-state index contributed by atoms with van der Waals surface area (Å²) in [4.78, 5) is 46.3. The maximum absolute atomic E-state index is 12.4. The van der Waals surface area contributed by atoms with Crippen molar-refractivity contribution in [1.29, 1.82) is 0 Å². The van der Waals surface area contributed by atoms with E-state index in [1.54, 1.807) is 6.20 Å². The highest BCUT2D eigenvalue weighted by atomic mass is 16.5. The Kier molecular flexibility index (Phi) is 6.01. The van der Waals surface area contributed by atoms with Gasteiger partial charge in [-0.05, 0) is 18.6 Å². The van der Waals surface area contributed by atoms with E-state index in [1.807, 2.05) is 24.3 Å². The molecule has 9 heteroatoms. The molecule has 3 aromatic rings. The van der Waals surface area contributed by atoms with Crippen LogP contribution in [0.25, 0.3) is 10.9 Å². The fourth-order valence-electron chi connectivity index (χ4n) is 3.31. The molecule has 30 heavy (non-hydrogen) atoms. The fraction of sp³-hybridized carbons (Fsp3) is 0.238. The van der Waals surface area contributed by atoms with Gasteiger partial charge >= 0.3 is 11.7 Å². The molecule has 1 atom stereocenters. The number of aromatic nitrogens is 3.